The molecule has 0 radical (unpaired) electrons. The van der Waals surface area contributed by atoms with Gasteiger partial charge in [0.15, 0.2) is 5.13 Å². The van der Waals surface area contributed by atoms with Crippen LogP contribution >= 0.6 is 11.3 Å². The van der Waals surface area contributed by atoms with Crippen LogP contribution in [0.1, 0.15) is 29.3 Å². The standard InChI is InChI=1S/C24H27N7OS/c1-5-18-14(3)28-24(26-4)30-21(18)31-6-7-32-20-13(2)8-15(9-17(20)12-31)16-10-19-22(27-11-16)33-23(25)29-19/h8-11H,5-7,12H2,1-4H3,(H2,25,29)(H,26,28,30). The second kappa shape index (κ2) is 8.47. The number of ether oxygens (including phenoxy) is 1. The summed E-state index contributed by atoms with van der Waals surface area (Å²) in [7, 11) is 1.85. The third-order valence-corrected chi connectivity index (χ3v) is 6.79. The highest BCUT2D eigenvalue weighted by atomic mass is 32.1. The molecule has 0 unspecified atom stereocenters. The number of anilines is 3. The molecule has 170 valence electrons. The van der Waals surface area contributed by atoms with Gasteiger partial charge >= 0.3 is 0 Å². The molecule has 0 fully saturated rings. The van der Waals surface area contributed by atoms with E-state index in [9.17, 15) is 0 Å². The average Bonchev–Trinajstić information content (AvgIpc) is 3.03. The zero-order chi connectivity index (χ0) is 23.1. The third kappa shape index (κ3) is 3.93. The average molecular weight is 462 g/mol. The number of fused-ring (bicyclic) bond motifs is 2. The van der Waals surface area contributed by atoms with Gasteiger partial charge in [-0.15, -0.1) is 0 Å². The summed E-state index contributed by atoms with van der Waals surface area (Å²) in [6.07, 6.45) is 2.76. The largest absolute Gasteiger partial charge is 0.491 e. The number of nitrogens with zero attached hydrogens (tertiary/aromatic N) is 5. The molecule has 4 heterocycles. The predicted octanol–water partition coefficient (Wildman–Crippen LogP) is 4.35. The van der Waals surface area contributed by atoms with E-state index in [0.29, 0.717) is 24.2 Å². The van der Waals surface area contributed by atoms with Crippen LogP contribution in [0, 0.1) is 13.8 Å². The number of nitrogens with one attached hydrogen (secondary N) is 1. The number of hydrogen-bond acceptors (Lipinski definition) is 9. The number of pyridine rings is 1. The van der Waals surface area contributed by atoms with Crippen molar-refractivity contribution in [1.29, 1.82) is 0 Å². The molecule has 33 heavy (non-hydrogen) atoms. The molecule has 0 bridgehead atoms. The Morgan fingerprint density at radius 1 is 1.15 bits per heavy atom. The minimum Gasteiger partial charge on any atom is -0.491 e. The van der Waals surface area contributed by atoms with Gasteiger partial charge in [-0.1, -0.05) is 18.3 Å². The third-order valence-electron chi connectivity index (χ3n) is 5.99. The van der Waals surface area contributed by atoms with E-state index >= 15 is 0 Å². The Bertz CT molecular complexity index is 1350. The first kappa shape index (κ1) is 21.4. The number of rotatable bonds is 4. The quantitative estimate of drug-likeness (QED) is 0.462. The van der Waals surface area contributed by atoms with Crippen LogP contribution in [0.3, 0.4) is 0 Å². The second-order valence-electron chi connectivity index (χ2n) is 8.19. The molecule has 5 rings (SSSR count). The number of nitrogens with two attached hydrogens (primary N) is 1. The van der Waals surface area contributed by atoms with Crippen LogP contribution in [0.4, 0.5) is 16.9 Å². The van der Waals surface area contributed by atoms with E-state index in [1.807, 2.05) is 26.2 Å². The van der Waals surface area contributed by atoms with Crippen LogP contribution in [-0.4, -0.2) is 40.1 Å². The summed E-state index contributed by atoms with van der Waals surface area (Å²) in [4.78, 5) is 21.5. The normalized spacial score (nSPS) is 13.5. The minimum atomic E-state index is 0.532. The van der Waals surface area contributed by atoms with E-state index in [2.05, 4.69) is 51.1 Å². The number of benzene rings is 1. The smallest absolute Gasteiger partial charge is 0.224 e. The number of nitrogen functional groups attached to an aromatic ring is 1. The number of aromatic nitrogens is 4. The molecule has 3 N–H and O–H groups in total. The number of hydrogen-bond donors (Lipinski definition) is 2. The first-order valence-corrected chi connectivity index (χ1v) is 11.9. The lowest BCUT2D eigenvalue weighted by atomic mass is 9.99. The molecule has 1 aromatic carbocycles. The predicted molar refractivity (Wildman–Crippen MR) is 134 cm³/mol. The van der Waals surface area contributed by atoms with Crippen molar-refractivity contribution < 1.29 is 4.74 Å². The fraction of sp³-hybridized carbons (Fsp3) is 0.333. The van der Waals surface area contributed by atoms with Gasteiger partial charge in [-0.25, -0.2) is 15.0 Å². The van der Waals surface area contributed by atoms with Crippen molar-refractivity contribution in [2.75, 3.05) is 36.1 Å². The molecule has 0 saturated carbocycles. The molecule has 1 aliphatic heterocycles. The Labute approximate surface area is 196 Å². The van der Waals surface area contributed by atoms with Crippen LogP contribution in [0.2, 0.25) is 0 Å². The van der Waals surface area contributed by atoms with Crippen molar-refractivity contribution in [3.8, 4) is 16.9 Å². The Morgan fingerprint density at radius 3 is 2.79 bits per heavy atom. The molecule has 3 aromatic heterocycles. The van der Waals surface area contributed by atoms with Crippen molar-refractivity contribution >= 4 is 38.6 Å². The number of aryl methyl sites for hydroxylation is 2. The van der Waals surface area contributed by atoms with Crippen molar-refractivity contribution in [2.24, 2.45) is 0 Å². The fourth-order valence-corrected chi connectivity index (χ4v) is 5.08. The summed E-state index contributed by atoms with van der Waals surface area (Å²) in [6.45, 7) is 8.34. The van der Waals surface area contributed by atoms with Gasteiger partial charge in [0.1, 0.15) is 28.5 Å². The molecule has 0 spiro atoms. The summed E-state index contributed by atoms with van der Waals surface area (Å²) in [5, 5.41) is 3.62. The van der Waals surface area contributed by atoms with E-state index in [4.69, 9.17) is 15.5 Å². The van der Waals surface area contributed by atoms with Crippen molar-refractivity contribution in [2.45, 2.75) is 33.7 Å². The van der Waals surface area contributed by atoms with E-state index in [1.54, 1.807) is 0 Å². The van der Waals surface area contributed by atoms with Gasteiger partial charge in [0.2, 0.25) is 5.95 Å². The summed E-state index contributed by atoms with van der Waals surface area (Å²) in [6, 6.07) is 6.39. The molecule has 0 saturated heterocycles. The van der Waals surface area contributed by atoms with E-state index in [-0.39, 0.29) is 0 Å². The summed E-state index contributed by atoms with van der Waals surface area (Å²) >= 11 is 1.40. The van der Waals surface area contributed by atoms with Crippen LogP contribution in [0.5, 0.6) is 5.75 Å². The van der Waals surface area contributed by atoms with E-state index in [0.717, 1.165) is 62.8 Å². The Kier molecular flexibility index (Phi) is 5.49. The maximum Gasteiger partial charge on any atom is 0.224 e. The van der Waals surface area contributed by atoms with Gasteiger partial charge < -0.3 is 20.7 Å². The summed E-state index contributed by atoms with van der Waals surface area (Å²) < 4.78 is 6.21. The van der Waals surface area contributed by atoms with Crippen molar-refractivity contribution in [1.82, 2.24) is 19.9 Å². The molecular formula is C24H27N7OS. The van der Waals surface area contributed by atoms with Crippen molar-refractivity contribution in [3.63, 3.8) is 0 Å². The second-order valence-corrected chi connectivity index (χ2v) is 9.20. The highest BCUT2D eigenvalue weighted by molar-refractivity contribution is 7.21. The van der Waals surface area contributed by atoms with Crippen LogP contribution in [0.25, 0.3) is 21.5 Å². The van der Waals surface area contributed by atoms with Gasteiger partial charge in [0.05, 0.1) is 6.54 Å². The zero-order valence-electron chi connectivity index (χ0n) is 19.3. The van der Waals surface area contributed by atoms with Gasteiger partial charge in [0, 0.05) is 42.2 Å². The van der Waals surface area contributed by atoms with Crippen LogP contribution in [0.15, 0.2) is 24.4 Å². The summed E-state index contributed by atoms with van der Waals surface area (Å²) in [5.41, 5.74) is 13.2. The fourth-order valence-electron chi connectivity index (χ4n) is 4.43. The van der Waals surface area contributed by atoms with Gasteiger partial charge in [-0.2, -0.15) is 4.98 Å². The highest BCUT2D eigenvalue weighted by Gasteiger charge is 2.23. The highest BCUT2D eigenvalue weighted by Crippen LogP contribution is 2.36. The molecule has 8 nitrogen and oxygen atoms in total. The Hall–Kier alpha value is -3.46. The van der Waals surface area contributed by atoms with Gasteiger partial charge in [-0.3, -0.25) is 0 Å². The molecule has 0 amide bonds. The first-order chi connectivity index (χ1) is 16.0. The Morgan fingerprint density at radius 2 is 2.00 bits per heavy atom. The maximum atomic E-state index is 6.21. The SMILES string of the molecule is CCc1c(C)nc(NC)nc1N1CCOc2c(C)cc(-c3cnc4sc(N)nc4c3)cc2C1. The van der Waals surface area contributed by atoms with Gasteiger partial charge in [0.25, 0.3) is 0 Å². The van der Waals surface area contributed by atoms with Crippen molar-refractivity contribution in [3.05, 3.63) is 46.8 Å². The molecule has 9 heteroatoms. The molecule has 0 atom stereocenters. The van der Waals surface area contributed by atoms with E-state index in [1.165, 1.54) is 16.9 Å². The lowest BCUT2D eigenvalue weighted by molar-refractivity contribution is 0.329. The van der Waals surface area contributed by atoms with Crippen LogP contribution < -0.4 is 20.7 Å². The lowest BCUT2D eigenvalue weighted by Crippen LogP contribution is -2.28. The summed E-state index contributed by atoms with van der Waals surface area (Å²) in [5.74, 6) is 2.55. The van der Waals surface area contributed by atoms with Crippen LogP contribution in [-0.2, 0) is 13.0 Å². The zero-order valence-corrected chi connectivity index (χ0v) is 20.1. The topological polar surface area (TPSA) is 102 Å². The van der Waals surface area contributed by atoms with E-state index < -0.39 is 0 Å². The maximum absolute atomic E-state index is 6.21. The monoisotopic (exact) mass is 461 g/mol. The minimum absolute atomic E-state index is 0.532. The molecule has 4 aromatic rings. The molecule has 0 aliphatic carbocycles. The number of thiazole rings is 1. The lowest BCUT2D eigenvalue weighted by Gasteiger charge is -2.25. The first-order valence-electron chi connectivity index (χ1n) is 11.1. The molecule has 1 aliphatic rings. The van der Waals surface area contributed by atoms with Gasteiger partial charge in [-0.05, 0) is 49.6 Å². The Balaban J connectivity index is 1.57. The molecular weight excluding hydrogens is 434 g/mol.